The van der Waals surface area contributed by atoms with Gasteiger partial charge in [0.15, 0.2) is 0 Å². The van der Waals surface area contributed by atoms with E-state index in [2.05, 4.69) is 23.4 Å². The van der Waals surface area contributed by atoms with Crippen molar-refractivity contribution in [3.05, 3.63) is 35.4 Å². The predicted molar refractivity (Wildman–Crippen MR) is 120 cm³/mol. The first-order valence-corrected chi connectivity index (χ1v) is 11.8. The van der Waals surface area contributed by atoms with Gasteiger partial charge in [-0.05, 0) is 62.6 Å². The van der Waals surface area contributed by atoms with Crippen LogP contribution < -0.4 is 15.4 Å². The van der Waals surface area contributed by atoms with E-state index in [4.69, 9.17) is 9.47 Å². The van der Waals surface area contributed by atoms with Crippen LogP contribution in [0.5, 0.6) is 5.75 Å². The van der Waals surface area contributed by atoms with E-state index in [9.17, 15) is 18.0 Å². The van der Waals surface area contributed by atoms with Gasteiger partial charge in [0.1, 0.15) is 17.3 Å². The van der Waals surface area contributed by atoms with Crippen molar-refractivity contribution in [3.63, 3.8) is 0 Å². The van der Waals surface area contributed by atoms with Gasteiger partial charge >= 0.3 is 6.03 Å². The van der Waals surface area contributed by atoms with Crippen LogP contribution in [-0.2, 0) is 26.0 Å². The Morgan fingerprint density at radius 2 is 2.00 bits per heavy atom. The Labute approximate surface area is 188 Å². The van der Waals surface area contributed by atoms with E-state index in [1.54, 1.807) is 6.07 Å². The maximum Gasteiger partial charge on any atom is 0.341 e. The van der Waals surface area contributed by atoms with Gasteiger partial charge in [-0.3, -0.25) is 4.79 Å². The van der Waals surface area contributed by atoms with E-state index < -0.39 is 16.1 Å². The van der Waals surface area contributed by atoms with Gasteiger partial charge in [0, 0.05) is 26.3 Å². The molecule has 9 nitrogen and oxygen atoms in total. The Kier molecular flexibility index (Phi) is 9.66. The summed E-state index contributed by atoms with van der Waals surface area (Å²) >= 11 is 3.83. The Balaban J connectivity index is 2.17. The summed E-state index contributed by atoms with van der Waals surface area (Å²) in [5.74, 6) is -0.00614. The molecule has 0 aromatic heterocycles. The Bertz CT molecular complexity index is 917. The topological polar surface area (TPSA) is 114 Å². The largest absolute Gasteiger partial charge is 0.490 e. The number of carbonyl (C=O) groups is 2. The summed E-state index contributed by atoms with van der Waals surface area (Å²) < 4.78 is 36.6. The molecular weight excluding hydrogens is 442 g/mol. The summed E-state index contributed by atoms with van der Waals surface area (Å²) in [6.07, 6.45) is 6.18. The highest BCUT2D eigenvalue weighted by molar-refractivity contribution is 8.00. The molecule has 0 unspecified atom stereocenters. The van der Waals surface area contributed by atoms with Gasteiger partial charge in [0.2, 0.25) is 5.91 Å². The molecule has 0 aliphatic heterocycles. The van der Waals surface area contributed by atoms with E-state index in [0.717, 1.165) is 31.3 Å². The molecular formula is C20H29N3O6S2. The molecule has 0 fully saturated rings. The van der Waals surface area contributed by atoms with Crippen molar-refractivity contribution in [1.29, 1.82) is 0 Å². The van der Waals surface area contributed by atoms with Gasteiger partial charge < -0.3 is 20.1 Å². The lowest BCUT2D eigenvalue weighted by molar-refractivity contribution is -0.117. The van der Waals surface area contributed by atoms with E-state index in [1.165, 1.54) is 26.3 Å². The number of hydrogen-bond acceptors (Lipinski definition) is 7. The number of methoxy groups -OCH3 is 1. The van der Waals surface area contributed by atoms with Crippen LogP contribution in [0.3, 0.4) is 0 Å². The Morgan fingerprint density at radius 1 is 1.23 bits per heavy atom. The molecule has 31 heavy (non-hydrogen) atoms. The first kappa shape index (κ1) is 25.0. The molecule has 11 heteroatoms. The second kappa shape index (κ2) is 12.0. The standard InChI is InChI=1S/C20H29N3O6S2/c1-21-20(25)23(30)31(26,27)18-14-15(8-9-17(18)29-13-12-28-2)10-11-22-19(24)16-6-4-3-5-7-16/h6,8-9,14,30H,3-5,7,10-13H2,1-2H3,(H,21,25)(H,22,24). The monoisotopic (exact) mass is 471 g/mol. The summed E-state index contributed by atoms with van der Waals surface area (Å²) in [5, 5.41) is 5.09. The lowest BCUT2D eigenvalue weighted by Crippen LogP contribution is -2.36. The van der Waals surface area contributed by atoms with Crippen LogP contribution in [0, 0.1) is 0 Å². The van der Waals surface area contributed by atoms with Crippen LogP contribution in [-0.4, -0.2) is 58.0 Å². The van der Waals surface area contributed by atoms with Gasteiger partial charge in [0.25, 0.3) is 10.0 Å². The van der Waals surface area contributed by atoms with Crippen molar-refractivity contribution < 1.29 is 27.5 Å². The van der Waals surface area contributed by atoms with Crippen LogP contribution in [0.25, 0.3) is 0 Å². The zero-order valence-electron chi connectivity index (χ0n) is 17.7. The molecule has 0 heterocycles. The number of nitrogens with zero attached hydrogens (tertiary/aromatic N) is 1. The van der Waals surface area contributed by atoms with Gasteiger partial charge in [-0.25, -0.2) is 4.79 Å². The summed E-state index contributed by atoms with van der Waals surface area (Å²) in [6.45, 7) is 0.749. The number of hydrogen-bond donors (Lipinski definition) is 3. The SMILES string of the molecule is CNC(=O)N(S)S(=O)(=O)c1cc(CCNC(=O)C2=CCCCC2)ccc1OCCOC. The van der Waals surface area contributed by atoms with Crippen molar-refractivity contribution in [3.8, 4) is 5.75 Å². The maximum atomic E-state index is 12.9. The van der Waals surface area contributed by atoms with Crippen molar-refractivity contribution >= 4 is 34.8 Å². The summed E-state index contributed by atoms with van der Waals surface area (Å²) in [5.41, 5.74) is 1.46. The second-order valence-corrected chi connectivity index (χ2v) is 9.33. The fraction of sp³-hybridized carbons (Fsp3) is 0.500. The third kappa shape index (κ3) is 6.88. The summed E-state index contributed by atoms with van der Waals surface area (Å²) in [6, 6.07) is 3.77. The number of amides is 3. The molecule has 2 N–H and O–H groups in total. The first-order valence-electron chi connectivity index (χ1n) is 9.99. The third-order valence-electron chi connectivity index (χ3n) is 4.73. The van der Waals surface area contributed by atoms with Crippen molar-refractivity contribution in [2.75, 3.05) is 33.9 Å². The minimum atomic E-state index is -4.28. The van der Waals surface area contributed by atoms with E-state index >= 15 is 0 Å². The zero-order chi connectivity index (χ0) is 22.9. The molecule has 0 saturated carbocycles. The molecule has 0 spiro atoms. The number of rotatable bonds is 10. The number of allylic oxidation sites excluding steroid dienone is 1. The van der Waals surface area contributed by atoms with Gasteiger partial charge in [-0.2, -0.15) is 12.1 Å². The van der Waals surface area contributed by atoms with Gasteiger partial charge in [-0.15, -0.1) is 0 Å². The number of sulfonamides is 1. The minimum absolute atomic E-state index is 0.0835. The van der Waals surface area contributed by atoms with Crippen molar-refractivity contribution in [1.82, 2.24) is 14.3 Å². The zero-order valence-corrected chi connectivity index (χ0v) is 19.4. The highest BCUT2D eigenvalue weighted by Crippen LogP contribution is 2.29. The number of carbonyl (C=O) groups excluding carboxylic acids is 2. The van der Waals surface area contributed by atoms with E-state index in [-0.39, 0.29) is 29.8 Å². The summed E-state index contributed by atoms with van der Waals surface area (Å²) in [4.78, 5) is 23.9. The average molecular weight is 472 g/mol. The maximum absolute atomic E-state index is 12.9. The van der Waals surface area contributed by atoms with Gasteiger partial charge in [-0.1, -0.05) is 12.1 Å². The normalized spacial score (nSPS) is 13.8. The Hall–Kier alpha value is -2.24. The van der Waals surface area contributed by atoms with Crippen LogP contribution >= 0.6 is 12.8 Å². The number of thiol groups is 1. The second-order valence-electron chi connectivity index (χ2n) is 6.91. The van der Waals surface area contributed by atoms with E-state index in [1.807, 2.05) is 6.08 Å². The molecule has 3 amide bonds. The van der Waals surface area contributed by atoms with E-state index in [0.29, 0.717) is 22.2 Å². The molecule has 1 aromatic carbocycles. The minimum Gasteiger partial charge on any atom is -0.490 e. The van der Waals surface area contributed by atoms with Crippen molar-refractivity contribution in [2.24, 2.45) is 0 Å². The average Bonchev–Trinajstić information content (AvgIpc) is 2.79. The molecule has 1 aliphatic carbocycles. The van der Waals surface area contributed by atoms with Crippen LogP contribution in [0.2, 0.25) is 0 Å². The molecule has 0 atom stereocenters. The smallest absolute Gasteiger partial charge is 0.341 e. The fourth-order valence-electron chi connectivity index (χ4n) is 3.04. The highest BCUT2D eigenvalue weighted by Gasteiger charge is 2.30. The first-order chi connectivity index (χ1) is 14.8. The molecule has 172 valence electrons. The molecule has 2 rings (SSSR count). The van der Waals surface area contributed by atoms with Crippen LogP contribution in [0.15, 0.2) is 34.7 Å². The molecule has 0 saturated heterocycles. The molecule has 0 radical (unpaired) electrons. The molecule has 1 aliphatic rings. The van der Waals surface area contributed by atoms with Crippen molar-refractivity contribution in [2.45, 2.75) is 37.0 Å². The predicted octanol–water partition coefficient (Wildman–Crippen LogP) is 2.05. The quantitative estimate of drug-likeness (QED) is 0.356. The number of benzene rings is 1. The third-order valence-corrected chi connectivity index (χ3v) is 7.05. The number of nitrogens with one attached hydrogen (secondary N) is 2. The number of ether oxygens (including phenoxy) is 2. The highest BCUT2D eigenvalue weighted by atomic mass is 32.3. The lowest BCUT2D eigenvalue weighted by atomic mass is 9.99. The lowest BCUT2D eigenvalue weighted by Gasteiger charge is -2.19. The fourth-order valence-corrected chi connectivity index (χ4v) is 4.58. The van der Waals surface area contributed by atoms with Crippen LogP contribution in [0.4, 0.5) is 4.79 Å². The Morgan fingerprint density at radius 3 is 2.65 bits per heavy atom. The molecule has 1 aromatic rings. The summed E-state index contributed by atoms with van der Waals surface area (Å²) in [7, 11) is -1.47. The van der Waals surface area contributed by atoms with Gasteiger partial charge in [0.05, 0.1) is 6.61 Å². The molecule has 0 bridgehead atoms. The van der Waals surface area contributed by atoms with Crippen LogP contribution in [0.1, 0.15) is 31.2 Å². The number of urea groups is 1.